The maximum absolute atomic E-state index is 12.8. The van der Waals surface area contributed by atoms with Crippen LogP contribution in [0, 0.1) is 11.3 Å². The fourth-order valence-electron chi connectivity index (χ4n) is 3.16. The van der Waals surface area contributed by atoms with Crippen LogP contribution in [0.4, 0.5) is 0 Å². The minimum absolute atomic E-state index is 0.0198. The molecule has 1 amide bonds. The van der Waals surface area contributed by atoms with Crippen molar-refractivity contribution in [1.82, 2.24) is 4.90 Å². The third kappa shape index (κ3) is 3.02. The molecule has 4 heteroatoms. The highest BCUT2D eigenvalue weighted by Gasteiger charge is 2.42. The predicted molar refractivity (Wildman–Crippen MR) is 87.2 cm³/mol. The Labute approximate surface area is 131 Å². The molecule has 21 heavy (non-hydrogen) atoms. The van der Waals surface area contributed by atoms with Crippen LogP contribution < -0.4 is 5.73 Å². The van der Waals surface area contributed by atoms with E-state index in [-0.39, 0.29) is 17.4 Å². The van der Waals surface area contributed by atoms with Gasteiger partial charge in [-0.15, -0.1) is 11.3 Å². The Balaban J connectivity index is 1.77. The third-order valence-electron chi connectivity index (χ3n) is 4.91. The molecular formula is C17H26N2OS. The molecular weight excluding hydrogens is 280 g/mol. The number of thiophene rings is 1. The highest BCUT2D eigenvalue weighted by atomic mass is 32.1. The standard InChI is InChI=1S/C17H26N2OS/c1-17(2,3)14(18)10-15(20)19-8-6-13-12(7-9-21-13)16(19)11-4-5-11/h7,9,11,14,16H,4-6,8,10,18H2,1-3H3. The van der Waals surface area contributed by atoms with Crippen LogP contribution in [-0.4, -0.2) is 23.4 Å². The molecule has 1 saturated carbocycles. The van der Waals surface area contributed by atoms with Crippen molar-refractivity contribution < 1.29 is 4.79 Å². The van der Waals surface area contributed by atoms with Crippen molar-refractivity contribution in [2.75, 3.05) is 6.54 Å². The van der Waals surface area contributed by atoms with Gasteiger partial charge in [-0.1, -0.05) is 20.8 Å². The predicted octanol–water partition coefficient (Wildman–Crippen LogP) is 3.35. The third-order valence-corrected chi connectivity index (χ3v) is 5.91. The molecule has 0 spiro atoms. The lowest BCUT2D eigenvalue weighted by molar-refractivity contribution is -0.135. The summed E-state index contributed by atoms with van der Waals surface area (Å²) in [5.74, 6) is 0.916. The van der Waals surface area contributed by atoms with Crippen LogP contribution in [0.25, 0.3) is 0 Å². The summed E-state index contributed by atoms with van der Waals surface area (Å²) in [7, 11) is 0. The summed E-state index contributed by atoms with van der Waals surface area (Å²) >= 11 is 1.84. The molecule has 2 aliphatic rings. The summed E-state index contributed by atoms with van der Waals surface area (Å²) in [4.78, 5) is 16.4. The summed E-state index contributed by atoms with van der Waals surface area (Å²) in [6.07, 6.45) is 3.99. The van der Waals surface area contributed by atoms with Gasteiger partial charge in [0.05, 0.1) is 6.04 Å². The summed E-state index contributed by atoms with van der Waals surface area (Å²) < 4.78 is 0. The van der Waals surface area contributed by atoms with E-state index in [4.69, 9.17) is 5.73 Å². The number of hydrogen-bond acceptors (Lipinski definition) is 3. The van der Waals surface area contributed by atoms with Crippen LogP contribution in [0.1, 0.15) is 56.5 Å². The van der Waals surface area contributed by atoms with Gasteiger partial charge in [0, 0.05) is 23.9 Å². The maximum Gasteiger partial charge on any atom is 0.224 e. The van der Waals surface area contributed by atoms with Gasteiger partial charge in [0.15, 0.2) is 0 Å². The van der Waals surface area contributed by atoms with Gasteiger partial charge in [-0.25, -0.2) is 0 Å². The molecule has 2 unspecified atom stereocenters. The molecule has 1 aliphatic carbocycles. The van der Waals surface area contributed by atoms with Crippen molar-refractivity contribution in [2.45, 2.75) is 58.5 Å². The zero-order valence-electron chi connectivity index (χ0n) is 13.3. The summed E-state index contributed by atoms with van der Waals surface area (Å²) in [5, 5.41) is 2.18. The van der Waals surface area contributed by atoms with Gasteiger partial charge in [-0.05, 0) is 47.6 Å². The number of carbonyl (C=O) groups excluding carboxylic acids is 1. The van der Waals surface area contributed by atoms with Crippen molar-refractivity contribution in [2.24, 2.45) is 17.1 Å². The fourth-order valence-corrected chi connectivity index (χ4v) is 4.07. The van der Waals surface area contributed by atoms with Gasteiger partial charge in [0.2, 0.25) is 5.91 Å². The SMILES string of the molecule is CC(C)(C)C(N)CC(=O)N1CCc2sccc2C1C1CC1. The molecule has 0 bridgehead atoms. The first kappa shape index (κ1) is 15.0. The number of nitrogens with zero attached hydrogens (tertiary/aromatic N) is 1. The molecule has 0 saturated heterocycles. The Morgan fingerprint density at radius 1 is 1.48 bits per heavy atom. The summed E-state index contributed by atoms with van der Waals surface area (Å²) in [5.41, 5.74) is 7.61. The molecule has 0 radical (unpaired) electrons. The molecule has 3 rings (SSSR count). The molecule has 0 aromatic carbocycles. The number of hydrogen-bond donors (Lipinski definition) is 1. The average Bonchev–Trinajstić information content (AvgIpc) is 3.13. The average molecular weight is 306 g/mol. The monoisotopic (exact) mass is 306 g/mol. The Morgan fingerprint density at radius 2 is 2.19 bits per heavy atom. The maximum atomic E-state index is 12.8. The first-order chi connectivity index (χ1) is 9.88. The van der Waals surface area contributed by atoms with E-state index in [1.165, 1.54) is 23.3 Å². The lowest BCUT2D eigenvalue weighted by Gasteiger charge is -2.38. The van der Waals surface area contributed by atoms with Crippen LogP contribution >= 0.6 is 11.3 Å². The van der Waals surface area contributed by atoms with Gasteiger partial charge in [0.1, 0.15) is 0 Å². The van der Waals surface area contributed by atoms with Crippen LogP contribution in [0.2, 0.25) is 0 Å². The zero-order chi connectivity index (χ0) is 15.2. The van der Waals surface area contributed by atoms with E-state index < -0.39 is 0 Å². The van der Waals surface area contributed by atoms with E-state index in [1.54, 1.807) is 0 Å². The first-order valence-corrected chi connectivity index (χ1v) is 8.87. The lowest BCUT2D eigenvalue weighted by Crippen LogP contribution is -2.45. The van der Waals surface area contributed by atoms with Crippen LogP contribution in [0.15, 0.2) is 11.4 Å². The van der Waals surface area contributed by atoms with Gasteiger partial charge in [0.25, 0.3) is 0 Å². The minimum atomic E-state index is -0.0753. The van der Waals surface area contributed by atoms with Crippen LogP contribution in [-0.2, 0) is 11.2 Å². The number of nitrogens with two attached hydrogens (primary N) is 1. The van der Waals surface area contributed by atoms with Crippen molar-refractivity contribution >= 4 is 17.2 Å². The molecule has 1 aliphatic heterocycles. The van der Waals surface area contributed by atoms with Crippen molar-refractivity contribution in [1.29, 1.82) is 0 Å². The first-order valence-electron chi connectivity index (χ1n) is 7.99. The largest absolute Gasteiger partial charge is 0.335 e. The molecule has 116 valence electrons. The summed E-state index contributed by atoms with van der Waals surface area (Å²) in [6, 6.07) is 2.47. The smallest absolute Gasteiger partial charge is 0.224 e. The van der Waals surface area contributed by atoms with E-state index in [1.807, 2.05) is 11.3 Å². The zero-order valence-corrected chi connectivity index (χ0v) is 14.1. The summed E-state index contributed by atoms with van der Waals surface area (Å²) in [6.45, 7) is 7.19. The molecule has 1 fully saturated rings. The Hall–Kier alpha value is -0.870. The minimum Gasteiger partial charge on any atom is -0.335 e. The second-order valence-corrected chi connectivity index (χ2v) is 8.60. The number of amides is 1. The van der Waals surface area contributed by atoms with Gasteiger partial charge >= 0.3 is 0 Å². The van der Waals surface area contributed by atoms with Crippen molar-refractivity contribution in [3.05, 3.63) is 21.9 Å². The molecule has 1 aromatic rings. The fraction of sp³-hybridized carbons (Fsp3) is 0.706. The quantitative estimate of drug-likeness (QED) is 0.931. The van der Waals surface area contributed by atoms with E-state index in [2.05, 4.69) is 37.1 Å². The molecule has 1 aromatic heterocycles. The molecule has 2 atom stereocenters. The van der Waals surface area contributed by atoms with Gasteiger partial charge < -0.3 is 10.6 Å². The topological polar surface area (TPSA) is 46.3 Å². The molecule has 2 N–H and O–H groups in total. The van der Waals surface area contributed by atoms with E-state index >= 15 is 0 Å². The van der Waals surface area contributed by atoms with Crippen LogP contribution in [0.3, 0.4) is 0 Å². The second-order valence-electron chi connectivity index (χ2n) is 7.60. The highest BCUT2D eigenvalue weighted by Crippen LogP contribution is 2.48. The number of rotatable bonds is 3. The Morgan fingerprint density at radius 3 is 2.81 bits per heavy atom. The second kappa shape index (κ2) is 5.40. The van der Waals surface area contributed by atoms with Crippen molar-refractivity contribution in [3.8, 4) is 0 Å². The normalized spacial score (nSPS) is 23.8. The lowest BCUT2D eigenvalue weighted by atomic mass is 9.84. The Bertz CT molecular complexity index is 527. The highest BCUT2D eigenvalue weighted by molar-refractivity contribution is 7.10. The van der Waals surface area contributed by atoms with E-state index in [0.29, 0.717) is 18.4 Å². The number of carbonyl (C=O) groups is 1. The van der Waals surface area contributed by atoms with Gasteiger partial charge in [-0.3, -0.25) is 4.79 Å². The van der Waals surface area contributed by atoms with E-state index in [0.717, 1.165) is 13.0 Å². The van der Waals surface area contributed by atoms with E-state index in [9.17, 15) is 4.79 Å². The molecule has 2 heterocycles. The molecule has 3 nitrogen and oxygen atoms in total. The van der Waals surface area contributed by atoms with Gasteiger partial charge in [-0.2, -0.15) is 0 Å². The Kier molecular flexibility index (Phi) is 3.87. The number of fused-ring (bicyclic) bond motifs is 1. The van der Waals surface area contributed by atoms with Crippen molar-refractivity contribution in [3.63, 3.8) is 0 Å². The van der Waals surface area contributed by atoms with Crippen LogP contribution in [0.5, 0.6) is 0 Å².